The zero-order valence-corrected chi connectivity index (χ0v) is 17.8. The number of rotatable bonds is 6. The van der Waals surface area contributed by atoms with Crippen LogP contribution < -0.4 is 9.64 Å². The first kappa shape index (κ1) is 22.6. The number of hydrogen-bond acceptors (Lipinski definition) is 8. The monoisotopic (exact) mass is 489 g/mol. The molecule has 1 unspecified atom stereocenters. The van der Waals surface area contributed by atoms with E-state index in [1.165, 1.54) is 35.2 Å². The number of anilines is 1. The maximum atomic E-state index is 14.1. The maximum Gasteiger partial charge on any atom is 0.399 e. The van der Waals surface area contributed by atoms with Gasteiger partial charge in [0.25, 0.3) is 5.89 Å². The van der Waals surface area contributed by atoms with E-state index in [1.54, 1.807) is 0 Å². The molecule has 13 heteroatoms. The molecule has 4 rings (SSSR count). The number of nitrogens with zero attached hydrogens (tertiary/aromatic N) is 5. The van der Waals surface area contributed by atoms with Gasteiger partial charge in [0, 0.05) is 24.2 Å². The summed E-state index contributed by atoms with van der Waals surface area (Å²) in [5.74, 6) is 0.487. The van der Waals surface area contributed by atoms with E-state index in [1.807, 2.05) is 0 Å². The van der Waals surface area contributed by atoms with Crippen LogP contribution in [0.25, 0.3) is 11.6 Å². The molecular weight excluding hydrogens is 474 g/mol. The fraction of sp³-hybridized carbons (Fsp3) is 0.368. The van der Waals surface area contributed by atoms with Gasteiger partial charge in [0.05, 0.1) is 5.02 Å². The van der Waals surface area contributed by atoms with Crippen LogP contribution in [0.3, 0.4) is 0 Å². The lowest BCUT2D eigenvalue weighted by Crippen LogP contribution is -2.45. The van der Waals surface area contributed by atoms with Crippen LogP contribution in [0, 0.1) is 5.41 Å². The molecule has 1 N–H and O–H groups in total. The van der Waals surface area contributed by atoms with E-state index in [9.17, 15) is 13.2 Å². The van der Waals surface area contributed by atoms with Gasteiger partial charge in [-0.15, -0.1) is 10.2 Å². The number of aromatic nitrogens is 4. The molecule has 0 radical (unpaired) electrons. The highest BCUT2D eigenvalue weighted by Gasteiger charge is 2.59. The molecule has 1 aliphatic heterocycles. The topological polar surface area (TPSA) is 97.4 Å². The smallest absolute Gasteiger partial charge is 0.399 e. The van der Waals surface area contributed by atoms with E-state index in [2.05, 4.69) is 20.3 Å². The third-order valence-corrected chi connectivity index (χ3v) is 5.70. The lowest BCUT2D eigenvalue weighted by molar-refractivity contribution is -0.225. The van der Waals surface area contributed by atoms with Crippen LogP contribution in [0.4, 0.5) is 19.0 Å². The molecule has 1 aliphatic rings. The highest BCUT2D eigenvalue weighted by Crippen LogP contribution is 2.47. The average Bonchev–Trinajstić information content (AvgIpc) is 3.42. The summed E-state index contributed by atoms with van der Waals surface area (Å²) in [5, 5.41) is 21.0. The van der Waals surface area contributed by atoms with E-state index in [0.29, 0.717) is 5.02 Å². The van der Waals surface area contributed by atoms with Gasteiger partial charge in [0.2, 0.25) is 0 Å². The van der Waals surface area contributed by atoms with Crippen LogP contribution in [0.1, 0.15) is 12.2 Å². The van der Waals surface area contributed by atoms with Gasteiger partial charge >= 0.3 is 6.18 Å². The van der Waals surface area contributed by atoms with Crippen molar-refractivity contribution in [3.8, 4) is 17.3 Å². The van der Waals surface area contributed by atoms with Crippen LogP contribution in [-0.2, 0) is 6.61 Å². The first-order chi connectivity index (χ1) is 15.2. The van der Waals surface area contributed by atoms with Crippen molar-refractivity contribution in [2.24, 2.45) is 5.41 Å². The number of hydrogen-bond donors (Lipinski definition) is 1. The molecule has 1 saturated heterocycles. The summed E-state index contributed by atoms with van der Waals surface area (Å²) in [7, 11) is 0. The summed E-state index contributed by atoms with van der Waals surface area (Å²) < 4.78 is 52.6. The van der Waals surface area contributed by atoms with Crippen LogP contribution in [0.2, 0.25) is 10.0 Å². The summed E-state index contributed by atoms with van der Waals surface area (Å²) in [6.45, 7) is -1.28. The number of benzene rings is 1. The van der Waals surface area contributed by atoms with Gasteiger partial charge < -0.3 is 19.3 Å². The third kappa shape index (κ3) is 4.45. The molecule has 0 amide bonds. The van der Waals surface area contributed by atoms with Crippen molar-refractivity contribution in [1.29, 1.82) is 0 Å². The van der Waals surface area contributed by atoms with Crippen LogP contribution in [0.5, 0.6) is 5.75 Å². The first-order valence-electron chi connectivity index (χ1n) is 9.38. The molecule has 1 fully saturated rings. The Morgan fingerprint density at radius 2 is 2.00 bits per heavy atom. The summed E-state index contributed by atoms with van der Waals surface area (Å²) in [4.78, 5) is 5.40. The van der Waals surface area contributed by atoms with Gasteiger partial charge in [0.1, 0.15) is 24.4 Å². The molecule has 0 bridgehead atoms. The van der Waals surface area contributed by atoms with Crippen molar-refractivity contribution in [2.75, 3.05) is 24.6 Å². The minimum absolute atomic E-state index is 0.0472. The number of halogens is 5. The van der Waals surface area contributed by atoms with E-state index >= 15 is 0 Å². The Morgan fingerprint density at radius 1 is 1.19 bits per heavy atom. The summed E-state index contributed by atoms with van der Waals surface area (Å²) in [5.41, 5.74) is -1.89. The van der Waals surface area contributed by atoms with Gasteiger partial charge in [0.15, 0.2) is 17.3 Å². The highest BCUT2D eigenvalue weighted by molar-refractivity contribution is 6.34. The van der Waals surface area contributed by atoms with Gasteiger partial charge in [-0.3, -0.25) is 0 Å². The van der Waals surface area contributed by atoms with E-state index in [-0.39, 0.29) is 53.5 Å². The second-order valence-corrected chi connectivity index (χ2v) is 8.11. The molecule has 0 saturated carbocycles. The standard InChI is InChI=1S/C19H16Cl2F3N5O3/c20-11-1-2-12(21)14(7-11)31-10-18(19(22,23)24)5-6-29(9-18)16-4-3-13(26-27-16)17-25-15(8-30)28-32-17/h1-4,7,30H,5-6,8-10H2. The molecule has 2 aromatic heterocycles. The number of alkyl halides is 3. The Balaban J connectivity index is 1.50. The second-order valence-electron chi connectivity index (χ2n) is 7.26. The first-order valence-corrected chi connectivity index (χ1v) is 10.1. The molecule has 3 heterocycles. The van der Waals surface area contributed by atoms with E-state index in [4.69, 9.17) is 37.6 Å². The van der Waals surface area contributed by atoms with Crippen molar-refractivity contribution >= 4 is 29.0 Å². The highest BCUT2D eigenvalue weighted by atomic mass is 35.5. The number of aliphatic hydroxyl groups excluding tert-OH is 1. The van der Waals surface area contributed by atoms with Gasteiger partial charge in [-0.05, 0) is 30.7 Å². The van der Waals surface area contributed by atoms with Crippen molar-refractivity contribution in [3.63, 3.8) is 0 Å². The fourth-order valence-electron chi connectivity index (χ4n) is 3.33. The van der Waals surface area contributed by atoms with Crippen LogP contribution >= 0.6 is 23.2 Å². The van der Waals surface area contributed by atoms with Gasteiger partial charge in [-0.25, -0.2) is 0 Å². The lowest BCUT2D eigenvalue weighted by atomic mass is 9.87. The minimum atomic E-state index is -4.52. The van der Waals surface area contributed by atoms with Crippen molar-refractivity contribution in [3.05, 3.63) is 46.2 Å². The summed E-state index contributed by atoms with van der Waals surface area (Å²) in [6.07, 6.45) is -4.72. The van der Waals surface area contributed by atoms with Crippen LogP contribution in [-0.4, -0.2) is 51.3 Å². The van der Waals surface area contributed by atoms with E-state index in [0.717, 1.165) is 0 Å². The number of aliphatic hydroxyl groups is 1. The van der Waals surface area contributed by atoms with Crippen molar-refractivity contribution in [2.45, 2.75) is 19.2 Å². The fourth-order valence-corrected chi connectivity index (χ4v) is 3.67. The van der Waals surface area contributed by atoms with Gasteiger partial charge in [-0.2, -0.15) is 18.2 Å². The summed E-state index contributed by atoms with van der Waals surface area (Å²) >= 11 is 11.9. The maximum absolute atomic E-state index is 14.1. The molecule has 0 aliphatic carbocycles. The molecular formula is C19H16Cl2F3N5O3. The zero-order valence-electron chi connectivity index (χ0n) is 16.3. The lowest BCUT2D eigenvalue weighted by Gasteiger charge is -2.31. The van der Waals surface area contributed by atoms with Crippen LogP contribution in [0.15, 0.2) is 34.9 Å². The zero-order chi connectivity index (χ0) is 22.9. The van der Waals surface area contributed by atoms with Crippen molar-refractivity contribution < 1.29 is 27.5 Å². The second kappa shape index (κ2) is 8.72. The normalized spacial score (nSPS) is 18.9. The molecule has 0 spiro atoms. The Morgan fingerprint density at radius 3 is 2.66 bits per heavy atom. The molecule has 3 aromatic rings. The quantitative estimate of drug-likeness (QED) is 0.550. The Hall–Kier alpha value is -2.63. The van der Waals surface area contributed by atoms with Gasteiger partial charge in [-0.1, -0.05) is 28.4 Å². The van der Waals surface area contributed by atoms with Crippen molar-refractivity contribution in [1.82, 2.24) is 20.3 Å². The largest absolute Gasteiger partial charge is 0.491 e. The molecule has 8 nitrogen and oxygen atoms in total. The SMILES string of the molecule is OCc1noc(-c2ccc(N3CCC(COc4cc(Cl)ccc4Cl)(C(F)(F)F)C3)nn2)n1. The molecule has 170 valence electrons. The minimum Gasteiger partial charge on any atom is -0.491 e. The predicted molar refractivity (Wildman–Crippen MR) is 109 cm³/mol. The predicted octanol–water partition coefficient (Wildman–Crippen LogP) is 4.16. The Labute approximate surface area is 189 Å². The van der Waals surface area contributed by atoms with E-state index < -0.39 is 24.8 Å². The average molecular weight is 490 g/mol. The summed E-state index contributed by atoms with van der Waals surface area (Å²) in [6, 6.07) is 7.39. The molecule has 32 heavy (non-hydrogen) atoms. The third-order valence-electron chi connectivity index (χ3n) is 5.16. The molecule has 1 aromatic carbocycles. The molecule has 1 atom stereocenters. The Bertz CT molecular complexity index is 1100. The Kier molecular flexibility index (Phi) is 6.15. The number of ether oxygens (including phenoxy) is 1.